The first kappa shape index (κ1) is 11.6. The van der Waals surface area contributed by atoms with Gasteiger partial charge in [-0.05, 0) is 13.3 Å². The van der Waals surface area contributed by atoms with E-state index in [1.165, 1.54) is 0 Å². The third-order valence-corrected chi connectivity index (χ3v) is 2.51. The van der Waals surface area contributed by atoms with E-state index in [4.69, 9.17) is 0 Å². The quantitative estimate of drug-likeness (QED) is 0.874. The minimum Gasteiger partial charge on any atom is -0.368 e. The van der Waals surface area contributed by atoms with Crippen molar-refractivity contribution in [3.05, 3.63) is 24.3 Å². The van der Waals surface area contributed by atoms with Gasteiger partial charge in [-0.2, -0.15) is 5.10 Å². The van der Waals surface area contributed by atoms with E-state index in [1.54, 1.807) is 17.1 Å². The average Bonchev–Trinajstić information content (AvgIpc) is 2.66. The summed E-state index contributed by atoms with van der Waals surface area (Å²) in [5.74, 6) is 0.824. The number of aryl methyl sites for hydroxylation is 2. The molecule has 2 aromatic rings. The summed E-state index contributed by atoms with van der Waals surface area (Å²) in [6.07, 6.45) is 6.44. The molecule has 2 rings (SSSR count). The number of aromatic nitrogens is 4. The van der Waals surface area contributed by atoms with Crippen molar-refractivity contribution < 1.29 is 0 Å². The molecule has 0 aliphatic carbocycles. The zero-order valence-electron chi connectivity index (χ0n) is 10.4. The monoisotopic (exact) mass is 231 g/mol. The summed E-state index contributed by atoms with van der Waals surface area (Å²) >= 11 is 0. The van der Waals surface area contributed by atoms with Crippen LogP contribution in [0.2, 0.25) is 0 Å². The molecule has 0 unspecified atom stereocenters. The first-order valence-electron chi connectivity index (χ1n) is 5.78. The van der Waals surface area contributed by atoms with Gasteiger partial charge in [0.25, 0.3) is 0 Å². The molecule has 0 amide bonds. The maximum atomic E-state index is 4.40. The van der Waals surface area contributed by atoms with Crippen LogP contribution in [0.25, 0.3) is 11.3 Å². The molecule has 2 heterocycles. The second-order valence-electron chi connectivity index (χ2n) is 3.98. The van der Waals surface area contributed by atoms with E-state index in [9.17, 15) is 0 Å². The summed E-state index contributed by atoms with van der Waals surface area (Å²) in [6, 6.07) is 0. The lowest BCUT2D eigenvalue weighted by Gasteiger charge is -2.07. The minimum atomic E-state index is 0.824. The van der Waals surface area contributed by atoms with Crippen molar-refractivity contribution >= 4 is 5.82 Å². The Kier molecular flexibility index (Phi) is 3.37. The highest BCUT2D eigenvalue weighted by Crippen LogP contribution is 2.25. The van der Waals surface area contributed by atoms with E-state index in [2.05, 4.69) is 27.3 Å². The molecule has 0 fully saturated rings. The molecular formula is C12H17N5. The predicted molar refractivity (Wildman–Crippen MR) is 67.8 cm³/mol. The highest BCUT2D eigenvalue weighted by Gasteiger charge is 2.12. The molecule has 1 N–H and O–H groups in total. The summed E-state index contributed by atoms with van der Waals surface area (Å²) in [4.78, 5) is 8.73. The van der Waals surface area contributed by atoms with E-state index in [-0.39, 0.29) is 0 Å². The van der Waals surface area contributed by atoms with Gasteiger partial charge in [0.2, 0.25) is 0 Å². The maximum absolute atomic E-state index is 4.40. The fraction of sp³-hybridized carbons (Fsp3) is 0.417. The molecule has 0 saturated heterocycles. The molecule has 17 heavy (non-hydrogen) atoms. The molecule has 0 atom stereocenters. The lowest BCUT2D eigenvalue weighted by Crippen LogP contribution is -2.04. The topological polar surface area (TPSA) is 55.6 Å². The molecule has 0 bridgehead atoms. The molecule has 0 aromatic carbocycles. The van der Waals surface area contributed by atoms with Crippen LogP contribution in [0.1, 0.15) is 19.0 Å². The van der Waals surface area contributed by atoms with E-state index < -0.39 is 0 Å². The van der Waals surface area contributed by atoms with Crippen molar-refractivity contribution in [2.24, 2.45) is 7.05 Å². The van der Waals surface area contributed by atoms with Gasteiger partial charge in [0, 0.05) is 37.7 Å². The van der Waals surface area contributed by atoms with E-state index in [1.807, 2.05) is 20.2 Å². The zero-order chi connectivity index (χ0) is 12.3. The van der Waals surface area contributed by atoms with Crippen LogP contribution in [0.5, 0.6) is 0 Å². The van der Waals surface area contributed by atoms with Gasteiger partial charge in [-0.25, -0.2) is 4.98 Å². The van der Waals surface area contributed by atoms with E-state index >= 15 is 0 Å². The van der Waals surface area contributed by atoms with E-state index in [0.717, 1.165) is 35.7 Å². The summed E-state index contributed by atoms with van der Waals surface area (Å²) in [6.45, 7) is 5.00. The number of anilines is 1. The third-order valence-electron chi connectivity index (χ3n) is 2.51. The number of rotatable bonds is 4. The van der Waals surface area contributed by atoms with Crippen molar-refractivity contribution in [3.8, 4) is 11.3 Å². The lowest BCUT2D eigenvalue weighted by molar-refractivity contribution is 0.756. The molecule has 5 heteroatoms. The van der Waals surface area contributed by atoms with Crippen molar-refractivity contribution in [2.45, 2.75) is 20.3 Å². The van der Waals surface area contributed by atoms with Gasteiger partial charge in [0.15, 0.2) is 5.82 Å². The lowest BCUT2D eigenvalue weighted by atomic mass is 10.2. The molecule has 0 aliphatic heterocycles. The van der Waals surface area contributed by atoms with Gasteiger partial charge in [-0.1, -0.05) is 6.92 Å². The Hall–Kier alpha value is -1.91. The molecule has 0 aliphatic rings. The Morgan fingerprint density at radius 2 is 2.06 bits per heavy atom. The molecule has 5 nitrogen and oxygen atoms in total. The highest BCUT2D eigenvalue weighted by atomic mass is 15.3. The van der Waals surface area contributed by atoms with Crippen LogP contribution in [0, 0.1) is 6.92 Å². The van der Waals surface area contributed by atoms with Crippen LogP contribution in [-0.2, 0) is 7.05 Å². The summed E-state index contributed by atoms with van der Waals surface area (Å²) in [7, 11) is 1.91. The first-order valence-corrected chi connectivity index (χ1v) is 5.78. The van der Waals surface area contributed by atoms with Crippen LogP contribution in [-0.4, -0.2) is 26.3 Å². The Balaban J connectivity index is 2.40. The second-order valence-corrected chi connectivity index (χ2v) is 3.98. The Labute approximate surface area is 101 Å². The van der Waals surface area contributed by atoms with Crippen LogP contribution in [0.3, 0.4) is 0 Å². The van der Waals surface area contributed by atoms with Gasteiger partial charge < -0.3 is 5.32 Å². The number of hydrogen-bond acceptors (Lipinski definition) is 4. The van der Waals surface area contributed by atoms with Gasteiger partial charge in [-0.3, -0.25) is 9.67 Å². The molecule has 0 saturated carbocycles. The number of nitrogens with zero attached hydrogens (tertiary/aromatic N) is 4. The van der Waals surface area contributed by atoms with Gasteiger partial charge in [0.1, 0.15) is 5.69 Å². The standard InChI is InChI=1S/C12H17N5/c1-4-5-14-12-11(13-6-7-15-12)10-8-17(3)16-9(10)2/h6-8H,4-5H2,1-3H3,(H,14,15). The highest BCUT2D eigenvalue weighted by molar-refractivity contribution is 5.72. The summed E-state index contributed by atoms with van der Waals surface area (Å²) < 4.78 is 1.79. The fourth-order valence-electron chi connectivity index (χ4n) is 1.74. The minimum absolute atomic E-state index is 0.824. The van der Waals surface area contributed by atoms with Crippen molar-refractivity contribution in [1.29, 1.82) is 0 Å². The fourth-order valence-corrected chi connectivity index (χ4v) is 1.74. The SMILES string of the molecule is CCCNc1nccnc1-c1cn(C)nc1C. The number of nitrogens with one attached hydrogen (secondary N) is 1. The molecule has 90 valence electrons. The van der Waals surface area contributed by atoms with Gasteiger partial charge in [0.05, 0.1) is 5.69 Å². The Morgan fingerprint density at radius 1 is 1.29 bits per heavy atom. The average molecular weight is 231 g/mol. The van der Waals surface area contributed by atoms with Crippen LogP contribution < -0.4 is 5.32 Å². The predicted octanol–water partition coefficient (Wildman–Crippen LogP) is 2.01. The van der Waals surface area contributed by atoms with Crippen molar-refractivity contribution in [2.75, 3.05) is 11.9 Å². The van der Waals surface area contributed by atoms with Crippen molar-refractivity contribution in [3.63, 3.8) is 0 Å². The molecule has 2 aromatic heterocycles. The smallest absolute Gasteiger partial charge is 0.152 e. The molecule has 0 spiro atoms. The maximum Gasteiger partial charge on any atom is 0.152 e. The van der Waals surface area contributed by atoms with E-state index in [0.29, 0.717) is 0 Å². The summed E-state index contributed by atoms with van der Waals surface area (Å²) in [5.41, 5.74) is 2.86. The molecular weight excluding hydrogens is 214 g/mol. The second kappa shape index (κ2) is 4.95. The largest absolute Gasteiger partial charge is 0.368 e. The van der Waals surface area contributed by atoms with Gasteiger partial charge in [-0.15, -0.1) is 0 Å². The Bertz CT molecular complexity index is 503. The van der Waals surface area contributed by atoms with Crippen LogP contribution in [0.15, 0.2) is 18.6 Å². The van der Waals surface area contributed by atoms with Gasteiger partial charge >= 0.3 is 0 Å². The summed E-state index contributed by atoms with van der Waals surface area (Å²) in [5, 5.41) is 7.62. The number of hydrogen-bond donors (Lipinski definition) is 1. The van der Waals surface area contributed by atoms with Crippen molar-refractivity contribution in [1.82, 2.24) is 19.7 Å². The molecule has 0 radical (unpaired) electrons. The zero-order valence-corrected chi connectivity index (χ0v) is 10.4. The third kappa shape index (κ3) is 2.43. The Morgan fingerprint density at radius 3 is 2.71 bits per heavy atom. The van der Waals surface area contributed by atoms with Crippen LogP contribution >= 0.6 is 0 Å². The van der Waals surface area contributed by atoms with Crippen LogP contribution in [0.4, 0.5) is 5.82 Å². The first-order chi connectivity index (χ1) is 8.22. The normalized spacial score (nSPS) is 10.5.